The molecule has 0 spiro atoms. The normalized spacial score (nSPS) is 13.8. The Morgan fingerprint density at radius 1 is 1.53 bits per heavy atom. The standard InChI is InChI=1S/C14H19FN2O2/c1-14(5-6-18,10-19-2)17-9-12-7-13(15)4-3-11(12)8-16/h3-4,7,17-18H,5-6,9-10H2,1-2H3. The van der Waals surface area contributed by atoms with Gasteiger partial charge in [0.25, 0.3) is 0 Å². The molecule has 19 heavy (non-hydrogen) atoms. The summed E-state index contributed by atoms with van der Waals surface area (Å²) in [6.07, 6.45) is 0.512. The molecular weight excluding hydrogens is 247 g/mol. The molecular formula is C14H19FN2O2. The maximum atomic E-state index is 13.2. The zero-order chi connectivity index (χ0) is 14.3. The van der Waals surface area contributed by atoms with Crippen molar-refractivity contribution in [2.45, 2.75) is 25.4 Å². The van der Waals surface area contributed by atoms with Gasteiger partial charge in [0.05, 0.1) is 18.2 Å². The number of hydrogen-bond donors (Lipinski definition) is 2. The molecule has 0 aliphatic rings. The lowest BCUT2D eigenvalue weighted by Gasteiger charge is -2.29. The summed E-state index contributed by atoms with van der Waals surface area (Å²) in [5.74, 6) is -0.369. The SMILES string of the molecule is COCC(C)(CCO)NCc1cc(F)ccc1C#N. The number of aliphatic hydroxyl groups is 1. The van der Waals surface area contributed by atoms with Gasteiger partial charge >= 0.3 is 0 Å². The van der Waals surface area contributed by atoms with Crippen molar-refractivity contribution >= 4 is 0 Å². The van der Waals surface area contributed by atoms with Crippen molar-refractivity contribution in [1.82, 2.24) is 5.32 Å². The Kier molecular flexibility index (Phi) is 5.90. The molecule has 1 atom stereocenters. The van der Waals surface area contributed by atoms with Gasteiger partial charge in [-0.1, -0.05) is 0 Å². The molecule has 0 fully saturated rings. The molecule has 1 aromatic carbocycles. The van der Waals surface area contributed by atoms with Gasteiger partial charge in [0.15, 0.2) is 0 Å². The lowest BCUT2D eigenvalue weighted by molar-refractivity contribution is 0.0969. The molecule has 0 aliphatic carbocycles. The first-order valence-corrected chi connectivity index (χ1v) is 6.08. The van der Waals surface area contributed by atoms with E-state index in [1.54, 1.807) is 7.11 Å². The van der Waals surface area contributed by atoms with Gasteiger partial charge < -0.3 is 15.2 Å². The highest BCUT2D eigenvalue weighted by Crippen LogP contribution is 2.14. The van der Waals surface area contributed by atoms with Crippen molar-refractivity contribution in [2.75, 3.05) is 20.3 Å². The fourth-order valence-electron chi connectivity index (χ4n) is 1.90. The highest BCUT2D eigenvalue weighted by atomic mass is 19.1. The van der Waals surface area contributed by atoms with E-state index >= 15 is 0 Å². The predicted molar refractivity (Wildman–Crippen MR) is 69.9 cm³/mol. The second-order valence-corrected chi connectivity index (χ2v) is 4.73. The summed E-state index contributed by atoms with van der Waals surface area (Å²) in [6, 6.07) is 6.11. The Morgan fingerprint density at radius 3 is 2.84 bits per heavy atom. The van der Waals surface area contributed by atoms with Gasteiger partial charge in [0.2, 0.25) is 0 Å². The van der Waals surface area contributed by atoms with Crippen LogP contribution in [0.3, 0.4) is 0 Å². The molecule has 0 aliphatic heterocycles. The van der Waals surface area contributed by atoms with Gasteiger partial charge in [-0.2, -0.15) is 5.26 Å². The average Bonchev–Trinajstić information content (AvgIpc) is 2.37. The minimum Gasteiger partial charge on any atom is -0.396 e. The Morgan fingerprint density at radius 2 is 2.26 bits per heavy atom. The summed E-state index contributed by atoms with van der Waals surface area (Å²) in [6.45, 7) is 2.71. The van der Waals surface area contributed by atoms with Gasteiger partial charge in [-0.05, 0) is 37.1 Å². The smallest absolute Gasteiger partial charge is 0.123 e. The first kappa shape index (κ1) is 15.6. The van der Waals surface area contributed by atoms with Crippen molar-refractivity contribution in [3.63, 3.8) is 0 Å². The third-order valence-electron chi connectivity index (χ3n) is 3.02. The fourth-order valence-corrected chi connectivity index (χ4v) is 1.90. The van der Waals surface area contributed by atoms with E-state index in [1.807, 2.05) is 13.0 Å². The number of methoxy groups -OCH3 is 1. The number of halogens is 1. The van der Waals surface area contributed by atoms with Gasteiger partial charge in [-0.15, -0.1) is 0 Å². The van der Waals surface area contributed by atoms with Gasteiger partial charge in [0.1, 0.15) is 5.82 Å². The van der Waals surface area contributed by atoms with E-state index in [4.69, 9.17) is 15.1 Å². The van der Waals surface area contributed by atoms with Gasteiger partial charge in [-0.3, -0.25) is 0 Å². The largest absolute Gasteiger partial charge is 0.396 e. The van der Waals surface area contributed by atoms with E-state index in [0.29, 0.717) is 30.7 Å². The Hall–Kier alpha value is -1.48. The zero-order valence-electron chi connectivity index (χ0n) is 11.2. The molecule has 1 aromatic rings. The molecule has 0 bridgehead atoms. The van der Waals surface area contributed by atoms with Crippen LogP contribution in [0.25, 0.3) is 0 Å². The van der Waals surface area contributed by atoms with Crippen LogP contribution in [0.5, 0.6) is 0 Å². The molecule has 1 rings (SSSR count). The van der Waals surface area contributed by atoms with Crippen molar-refractivity contribution in [2.24, 2.45) is 0 Å². The van der Waals surface area contributed by atoms with E-state index < -0.39 is 5.54 Å². The number of hydrogen-bond acceptors (Lipinski definition) is 4. The topological polar surface area (TPSA) is 65.3 Å². The first-order valence-electron chi connectivity index (χ1n) is 6.08. The summed E-state index contributed by atoms with van der Waals surface area (Å²) >= 11 is 0. The van der Waals surface area contributed by atoms with Gasteiger partial charge in [0, 0.05) is 25.8 Å². The minimum absolute atomic E-state index is 0.0289. The average molecular weight is 266 g/mol. The predicted octanol–water partition coefficient (Wildman–Crippen LogP) is 1.57. The molecule has 0 saturated heterocycles. The molecule has 0 radical (unpaired) electrons. The summed E-state index contributed by atoms with van der Waals surface area (Å²) in [5.41, 5.74) is 0.628. The number of nitrogens with zero attached hydrogens (tertiary/aromatic N) is 1. The van der Waals surface area contributed by atoms with E-state index in [2.05, 4.69) is 5.32 Å². The highest BCUT2D eigenvalue weighted by Gasteiger charge is 2.23. The van der Waals surface area contributed by atoms with Crippen LogP contribution in [0.15, 0.2) is 18.2 Å². The van der Waals surface area contributed by atoms with E-state index in [-0.39, 0.29) is 12.4 Å². The summed E-state index contributed by atoms with van der Waals surface area (Å²) in [7, 11) is 1.58. The number of benzene rings is 1. The third kappa shape index (κ3) is 4.60. The number of nitriles is 1. The van der Waals surface area contributed by atoms with E-state index in [0.717, 1.165) is 0 Å². The fraction of sp³-hybridized carbons (Fsp3) is 0.500. The monoisotopic (exact) mass is 266 g/mol. The Labute approximate surface area is 112 Å². The van der Waals surface area contributed by atoms with Crippen molar-refractivity contribution in [3.05, 3.63) is 35.1 Å². The summed E-state index contributed by atoms with van der Waals surface area (Å²) in [5, 5.41) is 21.3. The lowest BCUT2D eigenvalue weighted by atomic mass is 9.98. The van der Waals surface area contributed by atoms with Crippen LogP contribution in [-0.2, 0) is 11.3 Å². The second-order valence-electron chi connectivity index (χ2n) is 4.73. The van der Waals surface area contributed by atoms with Crippen LogP contribution < -0.4 is 5.32 Å². The molecule has 1 unspecified atom stereocenters. The molecule has 2 N–H and O–H groups in total. The lowest BCUT2D eigenvalue weighted by Crippen LogP contribution is -2.46. The quantitative estimate of drug-likeness (QED) is 0.786. The highest BCUT2D eigenvalue weighted by molar-refractivity contribution is 5.37. The molecule has 0 saturated carbocycles. The minimum atomic E-state index is -0.414. The number of nitrogens with one attached hydrogen (secondary N) is 1. The van der Waals surface area contributed by atoms with Crippen LogP contribution in [0.4, 0.5) is 4.39 Å². The van der Waals surface area contributed by atoms with E-state index in [1.165, 1.54) is 18.2 Å². The maximum absolute atomic E-state index is 13.2. The second kappa shape index (κ2) is 7.19. The zero-order valence-corrected chi connectivity index (χ0v) is 11.2. The number of rotatable bonds is 7. The van der Waals surface area contributed by atoms with Crippen LogP contribution >= 0.6 is 0 Å². The molecule has 104 valence electrons. The summed E-state index contributed by atoms with van der Waals surface area (Å²) < 4.78 is 18.3. The maximum Gasteiger partial charge on any atom is 0.123 e. The van der Waals surface area contributed by atoms with Crippen LogP contribution in [-0.4, -0.2) is 31.0 Å². The van der Waals surface area contributed by atoms with E-state index in [9.17, 15) is 4.39 Å². The first-order chi connectivity index (χ1) is 9.04. The Balaban J connectivity index is 2.79. The van der Waals surface area contributed by atoms with Crippen molar-refractivity contribution in [1.29, 1.82) is 5.26 Å². The molecule has 4 nitrogen and oxygen atoms in total. The third-order valence-corrected chi connectivity index (χ3v) is 3.02. The molecule has 0 heterocycles. The summed E-state index contributed by atoms with van der Waals surface area (Å²) in [4.78, 5) is 0. The molecule has 0 amide bonds. The number of ether oxygens (including phenoxy) is 1. The van der Waals surface area contributed by atoms with Crippen molar-refractivity contribution < 1.29 is 14.2 Å². The van der Waals surface area contributed by atoms with Crippen LogP contribution in [0, 0.1) is 17.1 Å². The van der Waals surface area contributed by atoms with Crippen LogP contribution in [0.1, 0.15) is 24.5 Å². The Bertz CT molecular complexity index is 451. The molecule has 5 heteroatoms. The molecule has 0 aromatic heterocycles. The van der Waals surface area contributed by atoms with Crippen molar-refractivity contribution in [3.8, 4) is 6.07 Å². The van der Waals surface area contributed by atoms with Gasteiger partial charge in [-0.25, -0.2) is 4.39 Å². The number of aliphatic hydroxyl groups excluding tert-OH is 1. The van der Waals surface area contributed by atoms with Crippen LogP contribution in [0.2, 0.25) is 0 Å².